The second-order valence-corrected chi connectivity index (χ2v) is 6.79. The van der Waals surface area contributed by atoms with Gasteiger partial charge in [0.1, 0.15) is 0 Å². The lowest BCUT2D eigenvalue weighted by Crippen LogP contribution is -2.26. The Morgan fingerprint density at radius 3 is 2.60 bits per heavy atom. The molecule has 0 spiro atoms. The third kappa shape index (κ3) is 6.72. The van der Waals surface area contributed by atoms with Gasteiger partial charge in [0.15, 0.2) is 0 Å². The highest BCUT2D eigenvalue weighted by Crippen LogP contribution is 2.20. The quantitative estimate of drug-likeness (QED) is 0.671. The van der Waals surface area contributed by atoms with Crippen LogP contribution < -0.4 is 10.6 Å². The lowest BCUT2D eigenvalue weighted by molar-refractivity contribution is -0.117. The minimum atomic E-state index is -0.249. The molecular weight excluding hydrogens is 404 g/mol. The molecule has 0 saturated heterocycles. The highest BCUT2D eigenvalue weighted by Gasteiger charge is 2.06. The van der Waals surface area contributed by atoms with Gasteiger partial charge in [-0.15, -0.1) is 0 Å². The van der Waals surface area contributed by atoms with Crippen LogP contribution in [0, 0.1) is 6.92 Å². The molecule has 0 bridgehead atoms. The molecule has 2 aromatic rings. The molecule has 4 nitrogen and oxygen atoms in total. The Kier molecular flexibility index (Phi) is 7.22. The zero-order chi connectivity index (χ0) is 18.2. The molecule has 0 heterocycles. The van der Waals surface area contributed by atoms with Gasteiger partial charge in [-0.3, -0.25) is 9.59 Å². The number of benzene rings is 2. The van der Waals surface area contributed by atoms with E-state index >= 15 is 0 Å². The number of hydrogen-bond acceptors (Lipinski definition) is 2. The van der Waals surface area contributed by atoms with Gasteiger partial charge >= 0.3 is 0 Å². The fourth-order valence-electron chi connectivity index (χ4n) is 2.05. The average molecular weight is 422 g/mol. The summed E-state index contributed by atoms with van der Waals surface area (Å²) in [6, 6.07) is 12.8. The van der Waals surface area contributed by atoms with Gasteiger partial charge in [0.2, 0.25) is 11.8 Å². The first-order valence-electron chi connectivity index (χ1n) is 7.71. The van der Waals surface area contributed by atoms with E-state index < -0.39 is 0 Å². The van der Waals surface area contributed by atoms with Crippen molar-refractivity contribution in [1.82, 2.24) is 5.32 Å². The third-order valence-corrected chi connectivity index (χ3v) is 4.17. The van der Waals surface area contributed by atoms with Crippen LogP contribution >= 0.6 is 27.5 Å². The van der Waals surface area contributed by atoms with Crippen molar-refractivity contribution in [3.63, 3.8) is 0 Å². The van der Waals surface area contributed by atoms with Crippen LogP contribution in [0.2, 0.25) is 5.02 Å². The van der Waals surface area contributed by atoms with Gasteiger partial charge < -0.3 is 10.6 Å². The smallest absolute Gasteiger partial charge is 0.244 e. The molecule has 6 heteroatoms. The first kappa shape index (κ1) is 19.2. The average Bonchev–Trinajstić information content (AvgIpc) is 2.57. The number of aryl methyl sites for hydroxylation is 1. The van der Waals surface area contributed by atoms with Gasteiger partial charge in [-0.25, -0.2) is 0 Å². The molecule has 0 saturated carbocycles. The number of amides is 2. The molecule has 2 rings (SSSR count). The normalized spacial score (nSPS) is 10.7. The predicted molar refractivity (Wildman–Crippen MR) is 106 cm³/mol. The van der Waals surface area contributed by atoms with E-state index in [1.165, 1.54) is 6.08 Å². The second-order valence-electron chi connectivity index (χ2n) is 5.43. The number of carbonyl (C=O) groups is 2. The fourth-order valence-corrected chi connectivity index (χ4v) is 2.53. The Morgan fingerprint density at radius 2 is 1.88 bits per heavy atom. The molecule has 0 aliphatic rings. The van der Waals surface area contributed by atoms with Crippen LogP contribution in [0.5, 0.6) is 0 Å². The van der Waals surface area contributed by atoms with Crippen LogP contribution in [0.25, 0.3) is 6.08 Å². The van der Waals surface area contributed by atoms with Crippen LogP contribution in [0.1, 0.15) is 17.5 Å². The van der Waals surface area contributed by atoms with Crippen molar-refractivity contribution >= 4 is 51.1 Å². The van der Waals surface area contributed by atoms with Crippen LogP contribution in [0.3, 0.4) is 0 Å². The number of carbonyl (C=O) groups excluding carboxylic acids is 2. The fraction of sp³-hybridized carbons (Fsp3) is 0.158. The van der Waals surface area contributed by atoms with Crippen molar-refractivity contribution < 1.29 is 9.59 Å². The number of rotatable bonds is 6. The molecule has 0 radical (unpaired) electrons. The predicted octanol–water partition coefficient (Wildman–Crippen LogP) is 4.57. The zero-order valence-electron chi connectivity index (χ0n) is 13.7. The van der Waals surface area contributed by atoms with Crippen molar-refractivity contribution in [3.05, 3.63) is 69.2 Å². The molecule has 0 unspecified atom stereocenters. The maximum absolute atomic E-state index is 12.0. The summed E-state index contributed by atoms with van der Waals surface area (Å²) in [5.74, 6) is -0.399. The van der Waals surface area contributed by atoms with E-state index in [9.17, 15) is 9.59 Å². The lowest BCUT2D eigenvalue weighted by Gasteiger charge is -2.09. The molecule has 0 aliphatic heterocycles. The van der Waals surface area contributed by atoms with Crippen molar-refractivity contribution in [1.29, 1.82) is 0 Å². The summed E-state index contributed by atoms with van der Waals surface area (Å²) in [5.41, 5.74) is 2.61. The molecule has 130 valence electrons. The Balaban J connectivity index is 1.75. The Labute approximate surface area is 160 Å². The standard InChI is InChI=1S/C19H18BrClN2O2/c1-13-2-6-15(20)12-17(13)23-19(25)10-11-22-18(24)9-5-14-3-7-16(21)8-4-14/h2-9,12H,10-11H2,1H3,(H,22,24)(H,23,25)/b9-5+. The van der Waals surface area contributed by atoms with Crippen molar-refractivity contribution in [3.8, 4) is 0 Å². The van der Waals surface area contributed by atoms with E-state index in [1.807, 2.05) is 37.3 Å². The van der Waals surface area contributed by atoms with Crippen molar-refractivity contribution in [2.45, 2.75) is 13.3 Å². The van der Waals surface area contributed by atoms with Gasteiger partial charge in [0.05, 0.1) is 0 Å². The molecular formula is C19H18BrClN2O2. The van der Waals surface area contributed by atoms with Gasteiger partial charge in [-0.2, -0.15) is 0 Å². The zero-order valence-corrected chi connectivity index (χ0v) is 16.0. The summed E-state index contributed by atoms with van der Waals surface area (Å²) in [4.78, 5) is 23.7. The molecule has 0 atom stereocenters. The van der Waals surface area contributed by atoms with E-state index in [0.717, 1.165) is 21.3 Å². The number of nitrogens with one attached hydrogen (secondary N) is 2. The number of anilines is 1. The van der Waals surface area contributed by atoms with Crippen molar-refractivity contribution in [2.24, 2.45) is 0 Å². The van der Waals surface area contributed by atoms with Crippen LogP contribution in [0.4, 0.5) is 5.69 Å². The van der Waals surface area contributed by atoms with Crippen LogP contribution in [-0.2, 0) is 9.59 Å². The molecule has 0 aliphatic carbocycles. The molecule has 25 heavy (non-hydrogen) atoms. The summed E-state index contributed by atoms with van der Waals surface area (Å²) in [6.45, 7) is 2.19. The topological polar surface area (TPSA) is 58.2 Å². The van der Waals surface area contributed by atoms with E-state index in [1.54, 1.807) is 18.2 Å². The summed E-state index contributed by atoms with van der Waals surface area (Å²) >= 11 is 9.18. The molecule has 0 fully saturated rings. The SMILES string of the molecule is Cc1ccc(Br)cc1NC(=O)CCNC(=O)/C=C/c1ccc(Cl)cc1. The Morgan fingerprint density at radius 1 is 1.16 bits per heavy atom. The third-order valence-electron chi connectivity index (χ3n) is 3.42. The monoisotopic (exact) mass is 420 g/mol. The number of halogens is 2. The maximum Gasteiger partial charge on any atom is 0.244 e. The van der Waals surface area contributed by atoms with Gasteiger partial charge in [0, 0.05) is 34.2 Å². The molecule has 0 aromatic heterocycles. The largest absolute Gasteiger partial charge is 0.352 e. The van der Waals surface area contributed by atoms with E-state index in [2.05, 4.69) is 26.6 Å². The lowest BCUT2D eigenvalue weighted by atomic mass is 10.2. The Hall–Kier alpha value is -2.11. The first-order valence-corrected chi connectivity index (χ1v) is 8.88. The maximum atomic E-state index is 12.0. The van der Waals surface area contributed by atoms with E-state index in [4.69, 9.17) is 11.6 Å². The second kappa shape index (κ2) is 9.39. The number of hydrogen-bond donors (Lipinski definition) is 2. The summed E-state index contributed by atoms with van der Waals surface area (Å²) in [5, 5.41) is 6.17. The molecule has 2 aromatic carbocycles. The van der Waals surface area contributed by atoms with Gasteiger partial charge in [-0.05, 0) is 48.4 Å². The highest BCUT2D eigenvalue weighted by molar-refractivity contribution is 9.10. The van der Waals surface area contributed by atoms with Gasteiger partial charge in [-0.1, -0.05) is 45.7 Å². The van der Waals surface area contributed by atoms with Crippen LogP contribution in [0.15, 0.2) is 53.0 Å². The minimum Gasteiger partial charge on any atom is -0.352 e. The summed E-state index contributed by atoms with van der Waals surface area (Å²) in [6.07, 6.45) is 3.32. The molecule has 2 N–H and O–H groups in total. The molecule has 2 amide bonds. The minimum absolute atomic E-state index is 0.150. The van der Waals surface area contributed by atoms with Crippen molar-refractivity contribution in [2.75, 3.05) is 11.9 Å². The van der Waals surface area contributed by atoms with Crippen LogP contribution in [-0.4, -0.2) is 18.4 Å². The summed E-state index contributed by atoms with van der Waals surface area (Å²) in [7, 11) is 0. The van der Waals surface area contributed by atoms with E-state index in [0.29, 0.717) is 5.02 Å². The highest BCUT2D eigenvalue weighted by atomic mass is 79.9. The first-order chi connectivity index (χ1) is 11.9. The Bertz CT molecular complexity index is 789. The van der Waals surface area contributed by atoms with Gasteiger partial charge in [0.25, 0.3) is 0 Å². The summed E-state index contributed by atoms with van der Waals surface area (Å²) < 4.78 is 0.897. The van der Waals surface area contributed by atoms with E-state index in [-0.39, 0.29) is 24.8 Å².